The molecule has 2 aromatic carbocycles. The number of nitrogens with one attached hydrogen (secondary N) is 1. The molecule has 3 amide bonds. The lowest BCUT2D eigenvalue weighted by Gasteiger charge is -2.18. The molecular weight excluding hydrogens is 376 g/mol. The van der Waals surface area contributed by atoms with Gasteiger partial charge in [-0.25, -0.2) is 0 Å². The lowest BCUT2D eigenvalue weighted by atomic mass is 9.82. The van der Waals surface area contributed by atoms with Gasteiger partial charge in [0.2, 0.25) is 11.8 Å². The van der Waals surface area contributed by atoms with Crippen LogP contribution in [0.15, 0.2) is 60.2 Å². The monoisotopic (exact) mass is 394 g/mol. The number of hydrogen-bond acceptors (Lipinski definition) is 3. The van der Waals surface area contributed by atoms with Crippen molar-refractivity contribution in [2.75, 3.05) is 10.2 Å². The average Bonchev–Trinajstić information content (AvgIpc) is 2.92. The molecule has 0 aromatic heterocycles. The van der Waals surface area contributed by atoms with Crippen molar-refractivity contribution in [1.29, 1.82) is 0 Å². The van der Waals surface area contributed by atoms with E-state index in [4.69, 9.17) is 11.6 Å². The maximum absolute atomic E-state index is 12.8. The number of imide groups is 1. The maximum Gasteiger partial charge on any atom is 0.255 e. The molecule has 142 valence electrons. The fraction of sp³-hybridized carbons (Fsp3) is 0.227. The third-order valence-corrected chi connectivity index (χ3v) is 5.53. The Bertz CT molecular complexity index is 997. The van der Waals surface area contributed by atoms with E-state index < -0.39 is 0 Å². The number of rotatable bonds is 3. The van der Waals surface area contributed by atoms with Crippen molar-refractivity contribution in [3.05, 3.63) is 70.8 Å². The summed E-state index contributed by atoms with van der Waals surface area (Å²) < 4.78 is 0. The summed E-state index contributed by atoms with van der Waals surface area (Å²) >= 11 is 5.93. The molecule has 1 heterocycles. The van der Waals surface area contributed by atoms with Crippen LogP contribution in [0.2, 0.25) is 5.02 Å². The summed E-state index contributed by atoms with van der Waals surface area (Å²) in [6.45, 7) is 1.99. The molecule has 0 bridgehead atoms. The van der Waals surface area contributed by atoms with E-state index in [2.05, 4.69) is 5.32 Å². The lowest BCUT2D eigenvalue weighted by Crippen LogP contribution is -2.30. The lowest BCUT2D eigenvalue weighted by molar-refractivity contribution is -0.122. The minimum atomic E-state index is -0.290. The molecule has 0 unspecified atom stereocenters. The molecule has 6 heteroatoms. The van der Waals surface area contributed by atoms with E-state index >= 15 is 0 Å². The van der Waals surface area contributed by atoms with Crippen LogP contribution in [-0.4, -0.2) is 17.7 Å². The highest BCUT2D eigenvalue weighted by Crippen LogP contribution is 2.39. The summed E-state index contributed by atoms with van der Waals surface area (Å²) in [7, 11) is 0. The van der Waals surface area contributed by atoms with Crippen molar-refractivity contribution in [3.63, 3.8) is 0 Å². The quantitative estimate of drug-likeness (QED) is 0.618. The zero-order valence-corrected chi connectivity index (χ0v) is 16.1. The Morgan fingerprint density at radius 2 is 1.79 bits per heavy atom. The predicted octanol–water partition coefficient (Wildman–Crippen LogP) is 4.44. The number of benzene rings is 2. The first-order chi connectivity index (χ1) is 13.4. The van der Waals surface area contributed by atoms with Crippen molar-refractivity contribution in [2.45, 2.75) is 19.8 Å². The summed E-state index contributed by atoms with van der Waals surface area (Å²) in [5.74, 6) is -1.15. The molecule has 1 saturated heterocycles. The molecule has 0 saturated carbocycles. The fourth-order valence-corrected chi connectivity index (χ4v) is 4.01. The van der Waals surface area contributed by atoms with Gasteiger partial charge in [0.15, 0.2) is 0 Å². The molecule has 28 heavy (non-hydrogen) atoms. The molecule has 2 aliphatic rings. The second-order valence-corrected chi connectivity index (χ2v) is 7.66. The van der Waals surface area contributed by atoms with E-state index in [9.17, 15) is 14.4 Å². The summed E-state index contributed by atoms with van der Waals surface area (Å²) in [5, 5.41) is 3.31. The molecule has 1 N–H and O–H groups in total. The first-order valence-electron chi connectivity index (χ1n) is 9.14. The molecule has 0 radical (unpaired) electrons. The Morgan fingerprint density at radius 3 is 2.50 bits per heavy atom. The van der Waals surface area contributed by atoms with Crippen molar-refractivity contribution in [2.24, 2.45) is 11.8 Å². The van der Waals surface area contributed by atoms with Gasteiger partial charge in [-0.15, -0.1) is 0 Å². The van der Waals surface area contributed by atoms with Gasteiger partial charge < -0.3 is 5.32 Å². The Labute approximate surface area is 168 Å². The number of amides is 3. The van der Waals surface area contributed by atoms with E-state index in [-0.39, 0.29) is 29.6 Å². The second kappa shape index (κ2) is 7.24. The summed E-state index contributed by atoms with van der Waals surface area (Å²) in [4.78, 5) is 39.2. The van der Waals surface area contributed by atoms with Crippen LogP contribution in [0.25, 0.3) is 0 Å². The van der Waals surface area contributed by atoms with Crippen LogP contribution >= 0.6 is 11.6 Å². The van der Waals surface area contributed by atoms with Gasteiger partial charge in [0.1, 0.15) is 0 Å². The predicted molar refractivity (Wildman–Crippen MR) is 108 cm³/mol. The number of halogens is 1. The highest BCUT2D eigenvalue weighted by atomic mass is 35.5. The van der Waals surface area contributed by atoms with E-state index in [1.54, 1.807) is 48.5 Å². The first-order valence-corrected chi connectivity index (χ1v) is 9.52. The Morgan fingerprint density at radius 1 is 1.07 bits per heavy atom. The van der Waals surface area contributed by atoms with Gasteiger partial charge >= 0.3 is 0 Å². The Balaban J connectivity index is 1.51. The van der Waals surface area contributed by atoms with Crippen LogP contribution in [0.5, 0.6) is 0 Å². The molecule has 2 atom stereocenters. The summed E-state index contributed by atoms with van der Waals surface area (Å²) in [6, 6.07) is 13.4. The number of hydrogen-bond donors (Lipinski definition) is 1. The first kappa shape index (κ1) is 18.4. The van der Waals surface area contributed by atoms with Crippen LogP contribution < -0.4 is 10.2 Å². The summed E-state index contributed by atoms with van der Waals surface area (Å²) in [6.07, 6.45) is 3.28. The Hall–Kier alpha value is -2.92. The molecule has 4 rings (SSSR count). The highest BCUT2D eigenvalue weighted by molar-refractivity contribution is 6.31. The van der Waals surface area contributed by atoms with Gasteiger partial charge in [0.25, 0.3) is 5.91 Å². The highest BCUT2D eigenvalue weighted by Gasteiger charge is 2.48. The van der Waals surface area contributed by atoms with Crippen LogP contribution in [0.3, 0.4) is 0 Å². The van der Waals surface area contributed by atoms with Gasteiger partial charge in [0, 0.05) is 16.3 Å². The smallest absolute Gasteiger partial charge is 0.255 e. The number of fused-ring (bicyclic) bond motifs is 1. The largest absolute Gasteiger partial charge is 0.322 e. The molecule has 1 fully saturated rings. The van der Waals surface area contributed by atoms with Crippen molar-refractivity contribution >= 4 is 40.7 Å². The third-order valence-electron chi connectivity index (χ3n) is 5.29. The van der Waals surface area contributed by atoms with Crippen molar-refractivity contribution in [1.82, 2.24) is 0 Å². The zero-order chi connectivity index (χ0) is 19.8. The Kier molecular flexibility index (Phi) is 4.77. The fourth-order valence-electron chi connectivity index (χ4n) is 3.82. The van der Waals surface area contributed by atoms with Gasteiger partial charge in [-0.05, 0) is 62.2 Å². The van der Waals surface area contributed by atoms with Gasteiger partial charge in [-0.1, -0.05) is 29.3 Å². The molecule has 1 aliphatic heterocycles. The number of anilines is 2. The topological polar surface area (TPSA) is 66.5 Å². The zero-order valence-electron chi connectivity index (χ0n) is 15.3. The average molecular weight is 395 g/mol. The SMILES string of the molecule is CC1=CC[C@@H]2C(=O)N(c3ccc(C(=O)Nc4cccc(Cl)c4)cc3)C(=O)[C@H]2C1. The van der Waals surface area contributed by atoms with Gasteiger partial charge in [0.05, 0.1) is 17.5 Å². The van der Waals surface area contributed by atoms with Gasteiger partial charge in [-0.2, -0.15) is 0 Å². The minimum Gasteiger partial charge on any atom is -0.322 e. The van der Waals surface area contributed by atoms with E-state index in [0.29, 0.717) is 34.8 Å². The van der Waals surface area contributed by atoms with Crippen molar-refractivity contribution < 1.29 is 14.4 Å². The van der Waals surface area contributed by atoms with Gasteiger partial charge in [-0.3, -0.25) is 19.3 Å². The van der Waals surface area contributed by atoms with E-state index in [1.165, 1.54) is 4.90 Å². The second-order valence-electron chi connectivity index (χ2n) is 7.23. The summed E-state index contributed by atoms with van der Waals surface area (Å²) in [5.41, 5.74) is 2.68. The normalized spacial score (nSPS) is 21.4. The van der Waals surface area contributed by atoms with Crippen LogP contribution in [0, 0.1) is 11.8 Å². The minimum absolute atomic E-state index is 0.154. The third kappa shape index (κ3) is 3.34. The number of allylic oxidation sites excluding steroid dienone is 2. The molecule has 0 spiro atoms. The maximum atomic E-state index is 12.8. The van der Waals surface area contributed by atoms with Crippen molar-refractivity contribution in [3.8, 4) is 0 Å². The standard InChI is InChI=1S/C22H19ClN2O3/c1-13-5-10-18-19(11-13)22(28)25(21(18)27)17-8-6-14(7-9-17)20(26)24-16-4-2-3-15(23)12-16/h2-9,12,18-19H,10-11H2,1H3,(H,24,26)/t18-,19-/m0/s1. The number of carbonyl (C=O) groups is 3. The van der Waals surface area contributed by atoms with Crippen LogP contribution in [-0.2, 0) is 9.59 Å². The molecular formula is C22H19ClN2O3. The van der Waals surface area contributed by atoms with E-state index in [1.807, 2.05) is 13.0 Å². The number of nitrogens with zero attached hydrogens (tertiary/aromatic N) is 1. The number of carbonyl (C=O) groups excluding carboxylic acids is 3. The van der Waals surface area contributed by atoms with E-state index in [0.717, 1.165) is 5.57 Å². The van der Waals surface area contributed by atoms with Crippen LogP contribution in [0.4, 0.5) is 11.4 Å². The molecule has 1 aliphatic carbocycles. The van der Waals surface area contributed by atoms with Crippen LogP contribution in [0.1, 0.15) is 30.1 Å². The molecule has 5 nitrogen and oxygen atoms in total. The molecule has 2 aromatic rings.